The first-order valence-corrected chi connectivity index (χ1v) is 28.3. The van der Waals surface area contributed by atoms with Crippen LogP contribution < -0.4 is 36.7 Å². The molecule has 0 bridgehead atoms. The van der Waals surface area contributed by atoms with Crippen molar-refractivity contribution in [3.8, 4) is 34.3 Å². The molecular formula is C42H48N6O20P3S2+. The average Bonchev–Trinajstić information content (AvgIpc) is 3.67. The number of hydrogen-bond acceptors (Lipinski definition) is 18. The van der Waals surface area contributed by atoms with Crippen LogP contribution in [0.2, 0.25) is 0 Å². The van der Waals surface area contributed by atoms with Crippen LogP contribution in [0.15, 0.2) is 74.8 Å². The van der Waals surface area contributed by atoms with Crippen LogP contribution in [0.5, 0.6) is 0 Å². The number of ether oxygens (including phenoxy) is 2. The summed E-state index contributed by atoms with van der Waals surface area (Å²) in [6.45, 7) is -1.01. The molecule has 1 aliphatic carbocycles. The predicted octanol–water partition coefficient (Wildman–Crippen LogP) is 2.73. The van der Waals surface area contributed by atoms with Gasteiger partial charge >= 0.3 is 41.2 Å². The van der Waals surface area contributed by atoms with Gasteiger partial charge in [-0.2, -0.15) is 8.62 Å². The molecule has 2 aliphatic heterocycles. The lowest BCUT2D eigenvalue weighted by Crippen LogP contribution is -2.34. The third kappa shape index (κ3) is 15.5. The summed E-state index contributed by atoms with van der Waals surface area (Å²) in [5.74, 6) is 4.83. The van der Waals surface area contributed by atoms with Gasteiger partial charge in [0.25, 0.3) is 11.5 Å². The first kappa shape index (κ1) is 56.7. The highest BCUT2D eigenvalue weighted by atomic mass is 33.1. The van der Waals surface area contributed by atoms with Crippen molar-refractivity contribution in [1.29, 1.82) is 0 Å². The summed E-state index contributed by atoms with van der Waals surface area (Å²) in [5, 5.41) is 27.5. The number of carbonyl (C=O) groups is 3. The molecule has 1 fully saturated rings. The number of phosphoric acid groups is 3. The Balaban J connectivity index is 0.954. The monoisotopic (exact) mass is 1110 g/mol. The van der Waals surface area contributed by atoms with Crippen LogP contribution in [0.1, 0.15) is 38.9 Å². The quantitative estimate of drug-likeness (QED) is 0.0135. The number of aromatic carboxylic acids is 1. The summed E-state index contributed by atoms with van der Waals surface area (Å²) in [4.78, 5) is 104. The van der Waals surface area contributed by atoms with Crippen LogP contribution in [-0.2, 0) is 36.3 Å². The molecule has 3 aromatic rings. The van der Waals surface area contributed by atoms with E-state index in [1.165, 1.54) is 33.7 Å². The molecule has 9 N–H and O–H groups in total. The summed E-state index contributed by atoms with van der Waals surface area (Å²) in [7, 11) is -6.57. The molecule has 0 saturated carbocycles. The summed E-state index contributed by atoms with van der Waals surface area (Å²) in [6, 6.07) is 15.8. The Hall–Kier alpha value is -5.59. The fourth-order valence-corrected chi connectivity index (χ4v) is 11.8. The second-order valence-corrected chi connectivity index (χ2v) is 23.0. The summed E-state index contributed by atoms with van der Waals surface area (Å²) < 4.78 is 66.0. The average molecular weight is 1110 g/mol. The van der Waals surface area contributed by atoms with Crippen molar-refractivity contribution in [3.05, 3.63) is 104 Å². The number of nitrogens with zero attached hydrogens (tertiary/aromatic N) is 3. The smallest absolute Gasteiger partial charge is 0.478 e. The maximum absolute atomic E-state index is 13.4. The zero-order valence-electron chi connectivity index (χ0n) is 38.9. The third-order valence-electron chi connectivity index (χ3n) is 10.3. The SMILES string of the molecule is CN(C)c1ccc2c(-c3cc(C(=O)NCCSSCCOC(=O)NCC#Cc4cn([C@H]5C[C@H](O)[C@@H](COP(=O)(O)OP(=O)(O)OP(=O)(O)O)O5)c(=O)[nH]c4=O)ccc3C(=O)O)c3ccc(=[N+](C)C)cc-3oc2c1. The predicted molar refractivity (Wildman–Crippen MR) is 266 cm³/mol. The number of hydrogen-bond donors (Lipinski definition) is 9. The van der Waals surface area contributed by atoms with E-state index in [1.54, 1.807) is 6.07 Å². The van der Waals surface area contributed by atoms with Gasteiger partial charge in [-0.05, 0) is 42.0 Å². The zero-order chi connectivity index (χ0) is 53.4. The molecule has 6 rings (SSSR count). The number of phosphoric ester groups is 1. The number of aromatic amines is 1. The minimum Gasteiger partial charge on any atom is -0.478 e. The van der Waals surface area contributed by atoms with Crippen molar-refractivity contribution in [1.82, 2.24) is 24.8 Å². The first-order chi connectivity index (χ1) is 34.3. The highest BCUT2D eigenvalue weighted by Gasteiger charge is 2.43. The standard InChI is InChI=1S/C42H47N6O20P3S2/c1-46(2)26-8-11-29-33(19-26)65-34-20-27(47(3)4)9-12-30(34)37(29)31-18-24(7-10-28(31)40(52)53)38(50)43-14-16-72-73-17-15-63-42(55)44-13-5-6-25-22-48(41(54)45-39(25)51)36-21-32(49)35(66-36)23-64-70(59,60)68-71(61,62)67-69(56,57)58/h7-12,18-20,22,32,35-36,49H,13-17,21,23H2,1-4H3,(H7-,43,44,45,50,51,52,53,54,55,56,57,58,59,60,61,62)/p+1/t32-,35+,36+/m0/s1. The number of amides is 2. The highest BCUT2D eigenvalue weighted by molar-refractivity contribution is 8.76. The maximum atomic E-state index is 13.4. The molecule has 1 aromatic heterocycles. The minimum atomic E-state index is -5.80. The van der Waals surface area contributed by atoms with E-state index < -0.39 is 77.7 Å². The number of aliphatic hydroxyl groups excluding tert-OH is 1. The van der Waals surface area contributed by atoms with E-state index >= 15 is 0 Å². The van der Waals surface area contributed by atoms with Crippen LogP contribution in [0.25, 0.3) is 33.4 Å². The van der Waals surface area contributed by atoms with Crippen molar-refractivity contribution in [2.45, 2.75) is 24.9 Å². The fourth-order valence-electron chi connectivity index (χ4n) is 6.99. The van der Waals surface area contributed by atoms with E-state index in [0.717, 1.165) is 21.8 Å². The number of H-pyrrole nitrogens is 1. The van der Waals surface area contributed by atoms with E-state index in [0.29, 0.717) is 44.9 Å². The van der Waals surface area contributed by atoms with E-state index in [1.807, 2.05) is 79.0 Å². The number of alkyl carbamates (subject to hydrolysis) is 1. The normalized spacial score (nSPS) is 17.2. The Labute approximate surface area is 421 Å². The molecule has 2 amide bonds. The molecule has 392 valence electrons. The lowest BCUT2D eigenvalue weighted by Gasteiger charge is -2.19. The maximum Gasteiger partial charge on any atom is 0.490 e. The number of nitrogens with one attached hydrogen (secondary N) is 3. The lowest BCUT2D eigenvalue weighted by atomic mass is 9.89. The van der Waals surface area contributed by atoms with Crippen LogP contribution in [0.4, 0.5) is 10.5 Å². The van der Waals surface area contributed by atoms with Crippen molar-refractivity contribution >= 4 is 79.7 Å². The van der Waals surface area contributed by atoms with E-state index in [9.17, 15) is 57.7 Å². The number of aromatic nitrogens is 2. The van der Waals surface area contributed by atoms with Gasteiger partial charge in [0.05, 0.1) is 30.9 Å². The zero-order valence-corrected chi connectivity index (χ0v) is 43.2. The second-order valence-electron chi connectivity index (χ2n) is 15.9. The van der Waals surface area contributed by atoms with Crippen molar-refractivity contribution in [3.63, 3.8) is 0 Å². The van der Waals surface area contributed by atoms with Gasteiger partial charge in [0.1, 0.15) is 49.9 Å². The molecule has 3 aliphatic rings. The molecule has 0 spiro atoms. The number of anilines is 1. The fraction of sp³-hybridized carbons (Fsp3) is 0.333. The van der Waals surface area contributed by atoms with E-state index in [4.69, 9.17) is 23.7 Å². The molecule has 3 heterocycles. The topological polar surface area (TPSA) is 368 Å². The highest BCUT2D eigenvalue weighted by Crippen LogP contribution is 2.66. The Kier molecular flexibility index (Phi) is 18.8. The van der Waals surface area contributed by atoms with Gasteiger partial charge in [0.2, 0.25) is 5.36 Å². The lowest BCUT2D eigenvalue weighted by molar-refractivity contribution is -0.0450. The molecular weight excluding hydrogens is 1070 g/mol. The number of benzene rings is 3. The van der Waals surface area contributed by atoms with Gasteiger partial charge in [-0.3, -0.25) is 23.7 Å². The second kappa shape index (κ2) is 24.2. The van der Waals surface area contributed by atoms with Gasteiger partial charge in [0, 0.05) is 84.7 Å². The molecule has 2 aromatic carbocycles. The van der Waals surface area contributed by atoms with E-state index in [2.05, 4.69) is 35.6 Å². The Morgan fingerprint density at radius 1 is 0.945 bits per heavy atom. The van der Waals surface area contributed by atoms with Crippen LogP contribution in [-0.4, -0.2) is 136 Å². The van der Waals surface area contributed by atoms with Gasteiger partial charge in [0.15, 0.2) is 0 Å². The van der Waals surface area contributed by atoms with Crippen molar-refractivity contribution < 1.29 is 84.9 Å². The number of carboxylic acid groups (broad SMARTS) is 1. The van der Waals surface area contributed by atoms with Crippen molar-refractivity contribution in [2.24, 2.45) is 0 Å². The number of carboxylic acids is 1. The molecule has 31 heteroatoms. The van der Waals surface area contributed by atoms with Crippen molar-refractivity contribution in [2.75, 3.05) is 70.9 Å². The van der Waals surface area contributed by atoms with Crippen LogP contribution in [0, 0.1) is 11.8 Å². The largest absolute Gasteiger partial charge is 0.490 e. The number of aliphatic hydroxyl groups is 1. The Morgan fingerprint density at radius 3 is 2.38 bits per heavy atom. The number of carbonyl (C=O) groups excluding carboxylic acids is 2. The first-order valence-electron chi connectivity index (χ1n) is 21.3. The molecule has 1 saturated heterocycles. The Bertz CT molecular complexity index is 3290. The van der Waals surface area contributed by atoms with Gasteiger partial charge < -0.3 is 59.2 Å². The van der Waals surface area contributed by atoms with Crippen LogP contribution in [0.3, 0.4) is 0 Å². The third-order valence-corrected chi connectivity index (χ3v) is 16.5. The number of rotatable bonds is 20. The molecule has 0 radical (unpaired) electrons. The Morgan fingerprint density at radius 2 is 1.68 bits per heavy atom. The van der Waals surface area contributed by atoms with Gasteiger partial charge in [-0.1, -0.05) is 33.4 Å². The molecule has 2 unspecified atom stereocenters. The molecule has 26 nitrogen and oxygen atoms in total. The summed E-state index contributed by atoms with van der Waals surface area (Å²) >= 11 is 0. The molecule has 73 heavy (non-hydrogen) atoms. The summed E-state index contributed by atoms with van der Waals surface area (Å²) in [6.07, 6.45) is -4.40. The van der Waals surface area contributed by atoms with Gasteiger partial charge in [-0.25, -0.2) is 32.7 Å². The van der Waals surface area contributed by atoms with Gasteiger partial charge in [-0.15, -0.1) is 0 Å². The van der Waals surface area contributed by atoms with E-state index in [-0.39, 0.29) is 42.8 Å². The minimum absolute atomic E-state index is 0.00504. The molecule has 5 atom stereocenters. The number of fused-ring (bicyclic) bond motifs is 2. The van der Waals surface area contributed by atoms with Crippen LogP contribution >= 0.6 is 45.1 Å². The summed E-state index contributed by atoms with van der Waals surface area (Å²) in [5.41, 5.74) is 1.14.